The van der Waals surface area contributed by atoms with Crippen LogP contribution in [0.15, 0.2) is 82.7 Å². The Kier molecular flexibility index (Phi) is 12.2. The highest BCUT2D eigenvalue weighted by molar-refractivity contribution is 6.08. The van der Waals surface area contributed by atoms with E-state index in [2.05, 4.69) is 10.6 Å². The monoisotopic (exact) mass is 465 g/mol. The molecule has 4 N–H and O–H groups in total. The molecule has 0 aromatic heterocycles. The summed E-state index contributed by atoms with van der Waals surface area (Å²) in [5.74, 6) is 0.216. The second kappa shape index (κ2) is 14.6. The van der Waals surface area contributed by atoms with E-state index in [1.165, 1.54) is 0 Å². The van der Waals surface area contributed by atoms with Crippen molar-refractivity contribution < 1.29 is 14.3 Å². The average molecular weight is 466 g/mol. The third kappa shape index (κ3) is 8.77. The average Bonchev–Trinajstić information content (AvgIpc) is 2.79. The Bertz CT molecular complexity index is 1010. The lowest BCUT2D eigenvalue weighted by atomic mass is 10.0. The van der Waals surface area contributed by atoms with Crippen LogP contribution in [0.2, 0.25) is 0 Å². The van der Waals surface area contributed by atoms with Crippen molar-refractivity contribution >= 4 is 12.2 Å². The Morgan fingerprint density at radius 3 is 2.26 bits per heavy atom. The van der Waals surface area contributed by atoms with Gasteiger partial charge in [-0.05, 0) is 81.9 Å². The molecule has 1 aromatic rings. The van der Waals surface area contributed by atoms with Crippen molar-refractivity contribution in [2.24, 2.45) is 5.73 Å². The number of benzene rings is 1. The minimum absolute atomic E-state index is 0.217. The number of ether oxygens (including phenoxy) is 1. The molecule has 0 aliphatic rings. The summed E-state index contributed by atoms with van der Waals surface area (Å²) in [6.07, 6.45) is 9.23. The number of nitrogens with two attached hydrogens (primary N) is 1. The van der Waals surface area contributed by atoms with Gasteiger partial charge < -0.3 is 21.1 Å². The van der Waals surface area contributed by atoms with Gasteiger partial charge >= 0.3 is 0 Å². The Morgan fingerprint density at radius 1 is 1.06 bits per heavy atom. The first-order chi connectivity index (χ1) is 16.2. The number of allylic oxidation sites excluding steroid dienone is 7. The van der Waals surface area contributed by atoms with Crippen LogP contribution in [0, 0.1) is 6.92 Å². The third-order valence-electron chi connectivity index (χ3n) is 5.20. The summed E-state index contributed by atoms with van der Waals surface area (Å²) in [7, 11) is 0. The molecule has 0 saturated heterocycles. The van der Waals surface area contributed by atoms with E-state index in [1.54, 1.807) is 26.0 Å². The lowest BCUT2D eigenvalue weighted by molar-refractivity contribution is -0.112. The topological polar surface area (TPSA) is 93.5 Å². The summed E-state index contributed by atoms with van der Waals surface area (Å²) in [5.41, 5.74) is 10.9. The molecule has 184 valence electrons. The van der Waals surface area contributed by atoms with E-state index < -0.39 is 0 Å². The number of nitrogens with one attached hydrogen (secondary N) is 2. The number of aryl methyl sites for hydroxylation is 1. The highest BCUT2D eigenvalue weighted by atomic mass is 16.5. The molecule has 0 bridgehead atoms. The fourth-order valence-electron chi connectivity index (χ4n) is 3.32. The van der Waals surface area contributed by atoms with E-state index in [0.29, 0.717) is 29.3 Å². The van der Waals surface area contributed by atoms with Crippen molar-refractivity contribution in [2.75, 3.05) is 0 Å². The van der Waals surface area contributed by atoms with E-state index in [0.717, 1.165) is 29.5 Å². The van der Waals surface area contributed by atoms with Crippen LogP contribution in [0.3, 0.4) is 0 Å². The van der Waals surface area contributed by atoms with Crippen LogP contribution >= 0.6 is 0 Å². The SMILES string of the molecule is CC/C=C(\N/C(C(=O)/C(C)=C/C=C(NC=O)\C(C)=C\CC)=C(\C)N)OC(C)c1ccccc1C. The molecule has 0 radical (unpaired) electrons. The fourth-order valence-corrected chi connectivity index (χ4v) is 3.32. The van der Waals surface area contributed by atoms with Crippen LogP contribution in [0.4, 0.5) is 0 Å². The first-order valence-electron chi connectivity index (χ1n) is 11.6. The highest BCUT2D eigenvalue weighted by Gasteiger charge is 2.18. The lowest BCUT2D eigenvalue weighted by Crippen LogP contribution is -2.26. The van der Waals surface area contributed by atoms with Crippen molar-refractivity contribution in [1.82, 2.24) is 10.6 Å². The quantitative estimate of drug-likeness (QED) is 0.152. The van der Waals surface area contributed by atoms with Crippen LogP contribution in [0.25, 0.3) is 0 Å². The smallest absolute Gasteiger partial charge is 0.211 e. The molecule has 1 amide bonds. The Morgan fingerprint density at radius 2 is 1.71 bits per heavy atom. The van der Waals surface area contributed by atoms with E-state index >= 15 is 0 Å². The van der Waals surface area contributed by atoms with Gasteiger partial charge in [-0.1, -0.05) is 50.3 Å². The summed E-state index contributed by atoms with van der Waals surface area (Å²) in [6, 6.07) is 8.03. The zero-order chi connectivity index (χ0) is 25.7. The van der Waals surface area contributed by atoms with Crippen LogP contribution < -0.4 is 16.4 Å². The molecule has 1 atom stereocenters. The molecule has 1 unspecified atom stereocenters. The van der Waals surface area contributed by atoms with Crippen molar-refractivity contribution in [2.45, 2.75) is 67.4 Å². The minimum Gasteiger partial charge on any atom is -0.471 e. The van der Waals surface area contributed by atoms with Gasteiger partial charge in [-0.25, -0.2) is 0 Å². The number of carbonyl (C=O) groups excluding carboxylic acids is 2. The second-order valence-corrected chi connectivity index (χ2v) is 8.09. The third-order valence-corrected chi connectivity index (χ3v) is 5.20. The first-order valence-corrected chi connectivity index (χ1v) is 11.6. The Balaban J connectivity index is 3.17. The fraction of sp³-hybridized carbons (Fsp3) is 0.357. The summed E-state index contributed by atoms with van der Waals surface area (Å²) >= 11 is 0. The summed E-state index contributed by atoms with van der Waals surface area (Å²) in [6.45, 7) is 13.3. The van der Waals surface area contributed by atoms with Crippen LogP contribution in [0.1, 0.15) is 71.6 Å². The molecule has 1 rings (SSSR count). The van der Waals surface area contributed by atoms with Gasteiger partial charge in [-0.2, -0.15) is 0 Å². The van der Waals surface area contributed by atoms with E-state index in [9.17, 15) is 9.59 Å². The number of hydrogen-bond acceptors (Lipinski definition) is 5. The van der Waals surface area contributed by atoms with Gasteiger partial charge in [0, 0.05) is 11.4 Å². The maximum Gasteiger partial charge on any atom is 0.211 e. The molecule has 6 heteroatoms. The van der Waals surface area contributed by atoms with Crippen molar-refractivity contribution in [3.8, 4) is 0 Å². The van der Waals surface area contributed by atoms with Gasteiger partial charge in [0.1, 0.15) is 11.8 Å². The molecule has 0 saturated carbocycles. The normalized spacial score (nSPS) is 14.8. The van der Waals surface area contributed by atoms with Gasteiger partial charge in [0.05, 0.1) is 0 Å². The van der Waals surface area contributed by atoms with Crippen LogP contribution in [0.5, 0.6) is 0 Å². The van der Waals surface area contributed by atoms with E-state index in [1.807, 2.05) is 71.0 Å². The van der Waals surface area contributed by atoms with Gasteiger partial charge in [-0.3, -0.25) is 9.59 Å². The molecular formula is C28H39N3O3. The maximum absolute atomic E-state index is 13.2. The number of ketones is 1. The predicted molar refractivity (Wildman–Crippen MR) is 139 cm³/mol. The molecule has 0 spiro atoms. The molecule has 0 aliphatic carbocycles. The van der Waals surface area contributed by atoms with E-state index in [-0.39, 0.29) is 17.6 Å². The molecule has 1 aromatic carbocycles. The van der Waals surface area contributed by atoms with Crippen molar-refractivity contribution in [1.29, 1.82) is 0 Å². The molecule has 0 aliphatic heterocycles. The van der Waals surface area contributed by atoms with Crippen molar-refractivity contribution in [3.63, 3.8) is 0 Å². The van der Waals surface area contributed by atoms with Gasteiger partial charge in [0.25, 0.3) is 0 Å². The molecular weight excluding hydrogens is 426 g/mol. The number of carbonyl (C=O) groups is 2. The summed E-state index contributed by atoms with van der Waals surface area (Å²) in [5, 5.41) is 5.79. The van der Waals surface area contributed by atoms with Crippen LogP contribution in [-0.4, -0.2) is 12.2 Å². The number of rotatable bonds is 13. The zero-order valence-electron chi connectivity index (χ0n) is 21.5. The zero-order valence-corrected chi connectivity index (χ0v) is 21.5. The van der Waals surface area contributed by atoms with E-state index in [4.69, 9.17) is 10.5 Å². The molecule has 0 heterocycles. The van der Waals surface area contributed by atoms with Crippen molar-refractivity contribution in [3.05, 3.63) is 93.8 Å². The summed E-state index contributed by atoms with van der Waals surface area (Å²) < 4.78 is 6.18. The standard InChI is InChI=1S/C28H39N3O3/c1-8-12-20(4)25(30-18-32)17-16-21(5)28(33)27(22(6)29)31-26(13-9-2)34-23(7)24-15-11-10-14-19(24)3/h10-18,23,31H,8-9,29H2,1-7H3,(H,30,32)/b20-12+,21-16+,25-17+,26-13+,27-22+. The van der Waals surface area contributed by atoms with Crippen LogP contribution in [-0.2, 0) is 14.3 Å². The van der Waals surface area contributed by atoms with Gasteiger partial charge in [0.2, 0.25) is 12.2 Å². The minimum atomic E-state index is -0.257. The lowest BCUT2D eigenvalue weighted by Gasteiger charge is -2.22. The Labute approximate surface area is 204 Å². The van der Waals surface area contributed by atoms with Gasteiger partial charge in [-0.15, -0.1) is 0 Å². The highest BCUT2D eigenvalue weighted by Crippen LogP contribution is 2.23. The second-order valence-electron chi connectivity index (χ2n) is 8.09. The number of hydrogen-bond donors (Lipinski definition) is 3. The van der Waals surface area contributed by atoms with Gasteiger partial charge in [0.15, 0.2) is 5.88 Å². The first kappa shape index (κ1) is 28.5. The maximum atomic E-state index is 13.2. The molecule has 6 nitrogen and oxygen atoms in total. The number of amides is 1. The molecule has 34 heavy (non-hydrogen) atoms. The number of Topliss-reactive ketones (excluding diaryl/α,β-unsaturated/α-hetero) is 1. The largest absolute Gasteiger partial charge is 0.471 e. The molecule has 0 fully saturated rings. The Hall–Kier alpha value is -3.54. The summed E-state index contributed by atoms with van der Waals surface area (Å²) in [4.78, 5) is 24.2. The predicted octanol–water partition coefficient (Wildman–Crippen LogP) is 5.61.